The molecule has 0 heterocycles. The fourth-order valence-electron chi connectivity index (χ4n) is 0.0837. The number of rotatable bonds is 2. The first-order valence-corrected chi connectivity index (χ1v) is 4.14. The largest absolute Gasteiger partial charge is 0.0912 e. The second-order valence-corrected chi connectivity index (χ2v) is 3.31. The van der Waals surface area contributed by atoms with Crippen LogP contribution >= 0.6 is 43.5 Å². The molecule has 0 radical (unpaired) electrons. The Morgan fingerprint density at radius 3 is 2.29 bits per heavy atom. The maximum Gasteiger partial charge on any atom is 0.0593 e. The normalized spacial score (nSPS) is 13.6. The predicted octanol–water partition coefficient (Wildman–Crippen LogP) is 2.90. The standard InChI is InChI=1S/C4H5Br2Cl/c1-3(7)4(6)2-5/h4H,1-2H2. The highest BCUT2D eigenvalue weighted by atomic mass is 79.9. The van der Waals surface area contributed by atoms with Crippen molar-refractivity contribution in [1.29, 1.82) is 0 Å². The molecule has 0 rings (SSSR count). The van der Waals surface area contributed by atoms with E-state index in [0.717, 1.165) is 5.33 Å². The Hall–Kier alpha value is 0.990. The van der Waals surface area contributed by atoms with Crippen molar-refractivity contribution >= 4 is 43.5 Å². The molecule has 0 N–H and O–H groups in total. The summed E-state index contributed by atoms with van der Waals surface area (Å²) in [5.41, 5.74) is 0. The van der Waals surface area contributed by atoms with Crippen LogP contribution in [0.1, 0.15) is 0 Å². The Labute approximate surface area is 65.2 Å². The predicted molar refractivity (Wildman–Crippen MR) is 41.5 cm³/mol. The van der Waals surface area contributed by atoms with Gasteiger partial charge in [0.15, 0.2) is 0 Å². The Balaban J connectivity index is 3.34. The fraction of sp³-hybridized carbons (Fsp3) is 0.500. The van der Waals surface area contributed by atoms with Crippen LogP contribution in [0.3, 0.4) is 0 Å². The molecule has 0 aromatic heterocycles. The average molecular weight is 248 g/mol. The first-order valence-electron chi connectivity index (χ1n) is 1.72. The van der Waals surface area contributed by atoms with E-state index in [9.17, 15) is 0 Å². The molecule has 1 unspecified atom stereocenters. The summed E-state index contributed by atoms with van der Waals surface area (Å²) in [7, 11) is 0. The van der Waals surface area contributed by atoms with Crippen LogP contribution in [0, 0.1) is 0 Å². The van der Waals surface area contributed by atoms with Crippen LogP contribution in [0.2, 0.25) is 0 Å². The molecule has 0 saturated heterocycles. The van der Waals surface area contributed by atoms with E-state index in [1.807, 2.05) is 0 Å². The van der Waals surface area contributed by atoms with E-state index in [2.05, 4.69) is 38.4 Å². The number of hydrogen-bond acceptors (Lipinski definition) is 0. The van der Waals surface area contributed by atoms with Crippen LogP contribution in [0.4, 0.5) is 0 Å². The van der Waals surface area contributed by atoms with Gasteiger partial charge in [-0.25, -0.2) is 0 Å². The molecule has 0 fully saturated rings. The van der Waals surface area contributed by atoms with E-state index in [1.54, 1.807) is 0 Å². The van der Waals surface area contributed by atoms with Crippen LogP contribution in [0.25, 0.3) is 0 Å². The van der Waals surface area contributed by atoms with Gasteiger partial charge in [0.2, 0.25) is 0 Å². The quantitative estimate of drug-likeness (QED) is 0.659. The Morgan fingerprint density at radius 2 is 2.29 bits per heavy atom. The summed E-state index contributed by atoms with van der Waals surface area (Å²) in [6, 6.07) is 0. The summed E-state index contributed by atoms with van der Waals surface area (Å²) in [5, 5.41) is 1.45. The molecule has 0 aromatic carbocycles. The van der Waals surface area contributed by atoms with Crippen molar-refractivity contribution in [1.82, 2.24) is 0 Å². The van der Waals surface area contributed by atoms with E-state index < -0.39 is 0 Å². The number of halogens is 3. The van der Waals surface area contributed by atoms with Crippen molar-refractivity contribution < 1.29 is 0 Å². The van der Waals surface area contributed by atoms with Gasteiger partial charge < -0.3 is 0 Å². The minimum Gasteiger partial charge on any atom is -0.0912 e. The van der Waals surface area contributed by atoms with Gasteiger partial charge in [-0.05, 0) is 0 Å². The summed E-state index contributed by atoms with van der Waals surface area (Å²) in [6.07, 6.45) is 0. The summed E-state index contributed by atoms with van der Waals surface area (Å²) in [6.45, 7) is 3.51. The highest BCUT2D eigenvalue weighted by Gasteiger charge is 2.00. The van der Waals surface area contributed by atoms with Gasteiger partial charge in [-0.2, -0.15) is 0 Å². The third-order valence-electron chi connectivity index (χ3n) is 0.475. The van der Waals surface area contributed by atoms with Gasteiger partial charge >= 0.3 is 0 Å². The van der Waals surface area contributed by atoms with Crippen LogP contribution in [-0.2, 0) is 0 Å². The van der Waals surface area contributed by atoms with Crippen molar-refractivity contribution in [3.05, 3.63) is 11.6 Å². The SMILES string of the molecule is C=C(Cl)C(Br)CBr. The zero-order valence-corrected chi connectivity index (χ0v) is 7.55. The molecule has 0 aliphatic carbocycles. The van der Waals surface area contributed by atoms with E-state index in [1.165, 1.54) is 0 Å². The molecule has 1 atom stereocenters. The summed E-state index contributed by atoms with van der Waals surface area (Å²) in [4.78, 5) is 0.203. The molecule has 0 aliphatic rings. The molecular formula is C4H5Br2Cl. The van der Waals surface area contributed by atoms with Gasteiger partial charge in [0.05, 0.1) is 4.83 Å². The monoisotopic (exact) mass is 246 g/mol. The molecule has 0 spiro atoms. The van der Waals surface area contributed by atoms with Crippen molar-refractivity contribution in [2.24, 2.45) is 0 Å². The van der Waals surface area contributed by atoms with E-state index in [0.29, 0.717) is 5.03 Å². The van der Waals surface area contributed by atoms with E-state index in [-0.39, 0.29) is 4.83 Å². The Bertz CT molecular complexity index is 72.1. The Morgan fingerprint density at radius 1 is 1.86 bits per heavy atom. The molecule has 0 amide bonds. The average Bonchev–Trinajstić information content (AvgIpc) is 1.65. The lowest BCUT2D eigenvalue weighted by Gasteiger charge is -1.98. The third-order valence-corrected chi connectivity index (χ3v) is 3.40. The minimum absolute atomic E-state index is 0.203. The van der Waals surface area contributed by atoms with Crippen LogP contribution in [0.5, 0.6) is 0 Å². The summed E-state index contributed by atoms with van der Waals surface area (Å²) >= 11 is 11.9. The van der Waals surface area contributed by atoms with E-state index in [4.69, 9.17) is 11.6 Å². The number of allylic oxidation sites excluding steroid dienone is 1. The van der Waals surface area contributed by atoms with E-state index >= 15 is 0 Å². The molecule has 7 heavy (non-hydrogen) atoms. The molecule has 3 heteroatoms. The smallest absolute Gasteiger partial charge is 0.0593 e. The Kier molecular flexibility index (Phi) is 4.48. The number of alkyl halides is 2. The van der Waals surface area contributed by atoms with Crippen molar-refractivity contribution in [3.8, 4) is 0 Å². The zero-order chi connectivity index (χ0) is 5.86. The molecule has 0 saturated carbocycles. The summed E-state index contributed by atoms with van der Waals surface area (Å²) < 4.78 is 0. The first-order chi connectivity index (χ1) is 3.18. The van der Waals surface area contributed by atoms with Crippen molar-refractivity contribution in [2.45, 2.75) is 4.83 Å². The maximum atomic E-state index is 5.46. The lowest BCUT2D eigenvalue weighted by Crippen LogP contribution is -1.95. The fourth-order valence-corrected chi connectivity index (χ4v) is 0.738. The minimum atomic E-state index is 0.203. The molecule has 0 aliphatic heterocycles. The lowest BCUT2D eigenvalue weighted by atomic mass is 10.5. The van der Waals surface area contributed by atoms with Gasteiger partial charge in [-0.3, -0.25) is 0 Å². The van der Waals surface area contributed by atoms with Crippen LogP contribution < -0.4 is 0 Å². The second-order valence-electron chi connectivity index (χ2n) is 1.07. The highest BCUT2D eigenvalue weighted by molar-refractivity contribution is 9.12. The van der Waals surface area contributed by atoms with Crippen molar-refractivity contribution in [2.75, 3.05) is 5.33 Å². The van der Waals surface area contributed by atoms with Gasteiger partial charge in [0.1, 0.15) is 0 Å². The second kappa shape index (κ2) is 3.93. The molecule has 42 valence electrons. The molecule has 0 bridgehead atoms. The van der Waals surface area contributed by atoms with Gasteiger partial charge in [0, 0.05) is 10.4 Å². The summed E-state index contributed by atoms with van der Waals surface area (Å²) in [5.74, 6) is 0. The zero-order valence-electron chi connectivity index (χ0n) is 3.63. The third kappa shape index (κ3) is 3.56. The van der Waals surface area contributed by atoms with Gasteiger partial charge in [-0.15, -0.1) is 0 Å². The maximum absolute atomic E-state index is 5.46. The van der Waals surface area contributed by atoms with Crippen molar-refractivity contribution in [3.63, 3.8) is 0 Å². The van der Waals surface area contributed by atoms with Gasteiger partial charge in [-0.1, -0.05) is 50.0 Å². The molecule has 0 nitrogen and oxygen atoms in total. The first kappa shape index (κ1) is 7.99. The molecule has 0 aromatic rings. The topological polar surface area (TPSA) is 0 Å². The van der Waals surface area contributed by atoms with Crippen LogP contribution in [-0.4, -0.2) is 10.2 Å². The molecular weight excluding hydrogens is 243 g/mol. The van der Waals surface area contributed by atoms with Gasteiger partial charge in [0.25, 0.3) is 0 Å². The van der Waals surface area contributed by atoms with Crippen LogP contribution in [0.15, 0.2) is 11.6 Å². The lowest BCUT2D eigenvalue weighted by molar-refractivity contribution is 1.29. The number of hydrogen-bond donors (Lipinski definition) is 0. The highest BCUT2D eigenvalue weighted by Crippen LogP contribution is 2.15.